The van der Waals surface area contributed by atoms with Gasteiger partial charge >= 0.3 is 6.18 Å². The summed E-state index contributed by atoms with van der Waals surface area (Å²) in [6.07, 6.45) is 6.44. The maximum Gasteiger partial charge on any atom is 0.411 e. The first-order valence-electron chi connectivity index (χ1n) is 16.6. The maximum atomic E-state index is 12.4. The number of ether oxygens (including phenoxy) is 4. The Kier molecular flexibility index (Phi) is 12.0. The number of aromatic nitrogens is 8. The van der Waals surface area contributed by atoms with E-state index in [1.54, 1.807) is 23.1 Å². The monoisotopic (exact) mass is 720 g/mol. The quantitative estimate of drug-likeness (QED) is 0.158. The van der Waals surface area contributed by atoms with Crippen molar-refractivity contribution in [2.24, 2.45) is 0 Å². The zero-order valence-corrected chi connectivity index (χ0v) is 28.4. The fourth-order valence-electron chi connectivity index (χ4n) is 6.12. The lowest BCUT2D eigenvalue weighted by Crippen LogP contribution is -2.45. The van der Waals surface area contributed by atoms with Gasteiger partial charge < -0.3 is 24.3 Å². The lowest BCUT2D eigenvalue weighted by molar-refractivity contribution is -0.174. The van der Waals surface area contributed by atoms with Gasteiger partial charge in [-0.15, -0.1) is 10.2 Å². The van der Waals surface area contributed by atoms with E-state index < -0.39 is 12.8 Å². The zero-order chi connectivity index (χ0) is 34.9. The van der Waals surface area contributed by atoms with Crippen LogP contribution in [-0.2, 0) is 16.0 Å². The first-order valence-corrected chi connectivity index (χ1v) is 17.0. The van der Waals surface area contributed by atoms with Crippen molar-refractivity contribution in [1.82, 2.24) is 44.9 Å². The van der Waals surface area contributed by atoms with Crippen LogP contribution in [-0.4, -0.2) is 109 Å². The summed E-state index contributed by atoms with van der Waals surface area (Å²) in [7, 11) is 0. The molecule has 0 bridgehead atoms. The highest BCUT2D eigenvalue weighted by atomic mass is 35.5. The van der Waals surface area contributed by atoms with Crippen LogP contribution in [0.3, 0.4) is 0 Å². The number of hydrogen-bond donors (Lipinski definition) is 1. The number of rotatable bonds is 15. The molecule has 1 saturated heterocycles. The molecule has 1 saturated carbocycles. The van der Waals surface area contributed by atoms with E-state index in [2.05, 4.69) is 35.7 Å². The second-order valence-electron chi connectivity index (χ2n) is 12.3. The SMILES string of the molecule is C[C@@H](Cn1cnnn1)Oc1cc(-c2cnc(Nc3cn([C@H]4CC[C@H](N5CCOCC5)CC4)nc3OCCCOCC(F)(F)F)nc2)ccc1Cl. The average Bonchev–Trinajstić information content (AvgIpc) is 3.77. The molecule has 1 atom stereocenters. The van der Waals surface area contributed by atoms with Gasteiger partial charge in [-0.25, -0.2) is 14.6 Å². The van der Waals surface area contributed by atoms with E-state index in [-0.39, 0.29) is 31.8 Å². The molecule has 2 aliphatic rings. The molecule has 4 heterocycles. The topological polar surface area (TPSA) is 139 Å². The number of tetrazole rings is 1. The van der Waals surface area contributed by atoms with Gasteiger partial charge in [-0.05, 0) is 60.7 Å². The summed E-state index contributed by atoms with van der Waals surface area (Å²) in [6, 6.07) is 6.15. The highest BCUT2D eigenvalue weighted by Crippen LogP contribution is 2.35. The standard InChI is InChI=1S/C32H40ClF3N10O4/c1-22(18-45-21-39-42-43-45)50-29-15-23(3-8-27(29)33)24-16-37-31(38-17-24)40-28-19-46(41-30(28)49-12-2-11-48-20-32(34,35)36)26-6-4-25(5-7-26)44-9-13-47-14-10-44/h3,8,15-17,19,21-22,25-26H,2,4-7,9-14,18,20H2,1H3,(H,37,38,40)/t22-,25-,26-/m0/s1. The van der Waals surface area contributed by atoms with Crippen molar-refractivity contribution in [3.05, 3.63) is 48.1 Å². The molecule has 18 heteroatoms. The van der Waals surface area contributed by atoms with E-state index in [9.17, 15) is 13.2 Å². The molecular weight excluding hydrogens is 681 g/mol. The van der Waals surface area contributed by atoms with Crippen LogP contribution >= 0.6 is 11.6 Å². The van der Waals surface area contributed by atoms with Gasteiger partial charge in [0, 0.05) is 43.5 Å². The number of anilines is 2. The van der Waals surface area contributed by atoms with Crippen LogP contribution in [0, 0.1) is 0 Å². The Labute approximate surface area is 292 Å². The van der Waals surface area contributed by atoms with Crippen molar-refractivity contribution in [2.75, 3.05) is 51.4 Å². The smallest absolute Gasteiger partial charge is 0.411 e. The molecule has 1 aromatic carbocycles. The minimum Gasteiger partial charge on any atom is -0.487 e. The molecule has 2 fully saturated rings. The predicted octanol–water partition coefficient (Wildman–Crippen LogP) is 5.35. The van der Waals surface area contributed by atoms with Gasteiger partial charge in [-0.1, -0.05) is 17.7 Å². The normalized spacial score (nSPS) is 19.3. The maximum absolute atomic E-state index is 12.4. The molecule has 0 spiro atoms. The molecule has 1 aliphatic carbocycles. The van der Waals surface area contributed by atoms with Crippen LogP contribution in [0.4, 0.5) is 24.8 Å². The molecule has 3 aromatic heterocycles. The third-order valence-corrected chi connectivity index (χ3v) is 8.88. The number of nitrogens with zero attached hydrogens (tertiary/aromatic N) is 9. The highest BCUT2D eigenvalue weighted by Gasteiger charge is 2.29. The Morgan fingerprint density at radius 2 is 1.80 bits per heavy atom. The Morgan fingerprint density at radius 3 is 2.52 bits per heavy atom. The lowest BCUT2D eigenvalue weighted by atomic mass is 9.90. The van der Waals surface area contributed by atoms with Crippen LogP contribution in [0.2, 0.25) is 5.02 Å². The largest absolute Gasteiger partial charge is 0.487 e. The van der Waals surface area contributed by atoms with Gasteiger partial charge in [0.2, 0.25) is 5.95 Å². The molecule has 4 aromatic rings. The van der Waals surface area contributed by atoms with Crippen LogP contribution in [0.15, 0.2) is 43.1 Å². The van der Waals surface area contributed by atoms with E-state index in [1.165, 1.54) is 6.33 Å². The Bertz CT molecular complexity index is 1630. The van der Waals surface area contributed by atoms with Gasteiger partial charge in [0.1, 0.15) is 30.5 Å². The minimum atomic E-state index is -4.37. The number of alkyl halides is 3. The third kappa shape index (κ3) is 10.0. The number of benzene rings is 1. The summed E-state index contributed by atoms with van der Waals surface area (Å²) in [5, 5.41) is 19.6. The first-order chi connectivity index (χ1) is 24.2. The Hall–Kier alpha value is -4.06. The van der Waals surface area contributed by atoms with Crippen LogP contribution in [0.5, 0.6) is 11.6 Å². The lowest BCUT2D eigenvalue weighted by Gasteiger charge is -2.38. The average molecular weight is 721 g/mol. The molecule has 6 rings (SSSR count). The second-order valence-corrected chi connectivity index (χ2v) is 12.7. The molecule has 0 unspecified atom stereocenters. The Balaban J connectivity index is 1.11. The van der Waals surface area contributed by atoms with E-state index in [1.807, 2.05) is 29.9 Å². The number of morpholine rings is 1. The first kappa shape index (κ1) is 35.8. The van der Waals surface area contributed by atoms with Gasteiger partial charge in [0.05, 0.1) is 50.2 Å². The zero-order valence-electron chi connectivity index (χ0n) is 27.6. The number of hydrogen-bond acceptors (Lipinski definition) is 12. The fraction of sp³-hybridized carbons (Fsp3) is 0.562. The molecule has 270 valence electrons. The second kappa shape index (κ2) is 16.8. The van der Waals surface area contributed by atoms with E-state index in [4.69, 9.17) is 35.6 Å². The number of nitrogens with one attached hydrogen (secondary N) is 1. The minimum absolute atomic E-state index is 0.0885. The third-order valence-electron chi connectivity index (χ3n) is 8.56. The Morgan fingerprint density at radius 1 is 1.04 bits per heavy atom. The summed E-state index contributed by atoms with van der Waals surface area (Å²) in [5.74, 6) is 1.14. The molecule has 0 radical (unpaired) electrons. The predicted molar refractivity (Wildman–Crippen MR) is 177 cm³/mol. The summed E-state index contributed by atoms with van der Waals surface area (Å²) in [4.78, 5) is 11.6. The molecule has 1 aliphatic heterocycles. The number of halogens is 4. The summed E-state index contributed by atoms with van der Waals surface area (Å²) in [6.45, 7) is 4.56. The highest BCUT2D eigenvalue weighted by molar-refractivity contribution is 6.32. The summed E-state index contributed by atoms with van der Waals surface area (Å²) >= 11 is 6.43. The van der Waals surface area contributed by atoms with E-state index in [0.717, 1.165) is 63.1 Å². The summed E-state index contributed by atoms with van der Waals surface area (Å²) in [5.41, 5.74) is 2.11. The van der Waals surface area contributed by atoms with Crippen molar-refractivity contribution in [2.45, 2.75) is 69.9 Å². The van der Waals surface area contributed by atoms with Gasteiger partial charge in [0.25, 0.3) is 5.88 Å². The molecule has 0 amide bonds. The van der Waals surface area contributed by atoms with Gasteiger partial charge in [0.15, 0.2) is 0 Å². The van der Waals surface area contributed by atoms with Crippen LogP contribution in [0.25, 0.3) is 11.1 Å². The molecule has 14 nitrogen and oxygen atoms in total. The van der Waals surface area contributed by atoms with E-state index >= 15 is 0 Å². The van der Waals surface area contributed by atoms with Crippen LogP contribution < -0.4 is 14.8 Å². The van der Waals surface area contributed by atoms with Crippen LogP contribution in [0.1, 0.15) is 45.1 Å². The molecule has 1 N–H and O–H groups in total. The molecule has 50 heavy (non-hydrogen) atoms. The van der Waals surface area contributed by atoms with Gasteiger partial charge in [-0.3, -0.25) is 9.58 Å². The van der Waals surface area contributed by atoms with Crippen molar-refractivity contribution >= 4 is 23.2 Å². The van der Waals surface area contributed by atoms with Gasteiger partial charge in [-0.2, -0.15) is 13.2 Å². The van der Waals surface area contributed by atoms with Crippen molar-refractivity contribution in [1.29, 1.82) is 0 Å². The van der Waals surface area contributed by atoms with E-state index in [0.29, 0.717) is 40.9 Å². The van der Waals surface area contributed by atoms with Crippen molar-refractivity contribution < 1.29 is 32.1 Å². The fourth-order valence-corrected chi connectivity index (χ4v) is 6.28. The molecular formula is C32H40ClF3N10O4. The van der Waals surface area contributed by atoms with Crippen molar-refractivity contribution in [3.63, 3.8) is 0 Å². The van der Waals surface area contributed by atoms with Crippen molar-refractivity contribution in [3.8, 4) is 22.8 Å². The summed E-state index contributed by atoms with van der Waals surface area (Å²) < 4.78 is 63.1.